The molecule has 1 aliphatic heterocycles. The number of H-pyrrole nitrogens is 1. The maximum absolute atomic E-state index is 13.4. The highest BCUT2D eigenvalue weighted by atomic mass is 32.2. The van der Waals surface area contributed by atoms with E-state index in [-0.39, 0.29) is 30.1 Å². The van der Waals surface area contributed by atoms with Crippen LogP contribution in [0.3, 0.4) is 0 Å². The molecule has 9 nitrogen and oxygen atoms in total. The van der Waals surface area contributed by atoms with Crippen molar-refractivity contribution in [3.05, 3.63) is 58.4 Å². The Hall–Kier alpha value is -3.66. The summed E-state index contributed by atoms with van der Waals surface area (Å²) in [6.45, 7) is 3.46. The van der Waals surface area contributed by atoms with Crippen molar-refractivity contribution in [2.24, 2.45) is 0 Å². The lowest BCUT2D eigenvalue weighted by Gasteiger charge is -2.32. The van der Waals surface area contributed by atoms with Crippen LogP contribution in [0.1, 0.15) is 38.4 Å². The molecular formula is C24H25N4O5S+. The molecule has 34 heavy (non-hydrogen) atoms. The largest absolute Gasteiger partial charge is 0.493 e. The van der Waals surface area contributed by atoms with E-state index >= 15 is 0 Å². The molecule has 0 saturated heterocycles. The topological polar surface area (TPSA) is 105 Å². The third kappa shape index (κ3) is 3.94. The lowest BCUT2D eigenvalue weighted by molar-refractivity contribution is -0.763. The summed E-state index contributed by atoms with van der Waals surface area (Å²) in [6.07, 6.45) is 1.28. The number of nitrogens with one attached hydrogen (secondary N) is 1. The number of aromatic nitrogens is 3. The van der Waals surface area contributed by atoms with Crippen molar-refractivity contribution in [1.29, 1.82) is 0 Å². The number of anilines is 1. The summed E-state index contributed by atoms with van der Waals surface area (Å²) in [5.74, 6) is -0.122. The molecule has 0 spiro atoms. The van der Waals surface area contributed by atoms with Crippen molar-refractivity contribution < 1.29 is 23.7 Å². The average molecular weight is 482 g/mol. The van der Waals surface area contributed by atoms with Crippen molar-refractivity contribution in [3.8, 4) is 22.8 Å². The van der Waals surface area contributed by atoms with Gasteiger partial charge in [-0.25, -0.2) is 4.90 Å². The predicted molar refractivity (Wildman–Crippen MR) is 127 cm³/mol. The lowest BCUT2D eigenvalue weighted by Crippen LogP contribution is -2.61. The first-order valence-electron chi connectivity index (χ1n) is 10.8. The van der Waals surface area contributed by atoms with Crippen LogP contribution >= 0.6 is 11.8 Å². The number of ether oxygens (including phenoxy) is 2. The molecule has 1 atom stereocenters. The van der Waals surface area contributed by atoms with Crippen LogP contribution in [0.5, 0.6) is 11.5 Å². The Morgan fingerprint density at radius 2 is 1.91 bits per heavy atom. The summed E-state index contributed by atoms with van der Waals surface area (Å²) in [5.41, 5.74) is 1.58. The van der Waals surface area contributed by atoms with Crippen LogP contribution in [0, 0.1) is 0 Å². The van der Waals surface area contributed by atoms with Gasteiger partial charge < -0.3 is 9.47 Å². The Labute approximate surface area is 200 Å². The second kappa shape index (κ2) is 9.68. The number of hydrogen-bond donors (Lipinski definition) is 1. The fraction of sp³-hybridized carbons (Fsp3) is 0.292. The van der Waals surface area contributed by atoms with Gasteiger partial charge in [0.25, 0.3) is 6.17 Å². The van der Waals surface area contributed by atoms with Crippen LogP contribution < -0.4 is 24.6 Å². The number of para-hydroxylation sites is 2. The summed E-state index contributed by atoms with van der Waals surface area (Å²) in [7, 11) is 1.48. The zero-order chi connectivity index (χ0) is 24.4. The van der Waals surface area contributed by atoms with Crippen molar-refractivity contribution in [1.82, 2.24) is 10.1 Å². The highest BCUT2D eigenvalue weighted by Crippen LogP contribution is 2.42. The summed E-state index contributed by atoms with van der Waals surface area (Å²) < 4.78 is 12.7. The van der Waals surface area contributed by atoms with Crippen LogP contribution in [0.15, 0.2) is 52.4 Å². The maximum Gasteiger partial charge on any atom is 0.325 e. The molecule has 4 rings (SSSR count). The first-order chi connectivity index (χ1) is 16.4. The van der Waals surface area contributed by atoms with E-state index in [0.717, 1.165) is 0 Å². The Balaban J connectivity index is 2.10. The van der Waals surface area contributed by atoms with Crippen LogP contribution in [0.4, 0.5) is 5.69 Å². The van der Waals surface area contributed by atoms with Gasteiger partial charge in [-0.2, -0.15) is 0 Å². The molecule has 0 aliphatic carbocycles. The molecule has 2 aromatic carbocycles. The minimum absolute atomic E-state index is 0.154. The van der Waals surface area contributed by atoms with Gasteiger partial charge in [0.05, 0.1) is 23.9 Å². The molecule has 1 amide bonds. The second-order valence-corrected chi connectivity index (χ2v) is 8.27. The number of aromatic amines is 1. The Bertz CT molecular complexity index is 1320. The zero-order valence-corrected chi connectivity index (χ0v) is 20.1. The van der Waals surface area contributed by atoms with Crippen molar-refractivity contribution in [3.63, 3.8) is 0 Å². The standard InChI is InChI=1S/C24H24N4O5S/c1-5-18(29)27-16-12-8-7-10-14(16)20-22(31)25-24(34-4)26-28(20)23(27)15-11-9-13-17(32-3)21(15)33-19(30)6-2/h7-13,23H,5-6H2,1-4H3/p+1/t23-/m0/s1. The molecule has 1 N–H and O–H groups in total. The van der Waals surface area contributed by atoms with Crippen molar-refractivity contribution >= 4 is 29.3 Å². The van der Waals surface area contributed by atoms with Gasteiger partial charge in [0.1, 0.15) is 0 Å². The minimum atomic E-state index is -0.889. The van der Waals surface area contributed by atoms with Gasteiger partial charge in [-0.3, -0.25) is 19.4 Å². The normalized spacial score (nSPS) is 14.2. The molecule has 3 aromatic rings. The van der Waals surface area contributed by atoms with Crippen molar-refractivity contribution in [2.45, 2.75) is 38.0 Å². The smallest absolute Gasteiger partial charge is 0.325 e. The molecule has 176 valence electrons. The fourth-order valence-electron chi connectivity index (χ4n) is 3.98. The summed E-state index contributed by atoms with van der Waals surface area (Å²) in [5, 5.41) is 5.05. The number of carbonyl (C=O) groups excluding carboxylic acids is 2. The van der Waals surface area contributed by atoms with Crippen LogP contribution in [0.25, 0.3) is 11.3 Å². The number of esters is 1. The van der Waals surface area contributed by atoms with E-state index in [4.69, 9.17) is 9.47 Å². The van der Waals surface area contributed by atoms with E-state index in [1.54, 1.807) is 61.4 Å². The maximum atomic E-state index is 13.4. The molecular weight excluding hydrogens is 456 g/mol. The van der Waals surface area contributed by atoms with E-state index in [2.05, 4.69) is 10.1 Å². The zero-order valence-electron chi connectivity index (χ0n) is 19.3. The molecule has 0 radical (unpaired) electrons. The monoisotopic (exact) mass is 481 g/mol. The molecule has 0 bridgehead atoms. The number of amides is 1. The van der Waals surface area contributed by atoms with E-state index in [0.29, 0.717) is 33.4 Å². The van der Waals surface area contributed by atoms with Gasteiger partial charge in [-0.05, 0) is 35.2 Å². The number of nitrogens with zero attached hydrogens (tertiary/aromatic N) is 3. The van der Waals surface area contributed by atoms with Gasteiger partial charge in [0.15, 0.2) is 11.5 Å². The second-order valence-electron chi connectivity index (χ2n) is 7.47. The Kier molecular flexibility index (Phi) is 6.69. The van der Waals surface area contributed by atoms with Gasteiger partial charge in [-0.15, -0.1) is 0 Å². The van der Waals surface area contributed by atoms with Gasteiger partial charge in [-0.1, -0.05) is 43.8 Å². The predicted octanol–water partition coefficient (Wildman–Crippen LogP) is 3.07. The molecule has 1 aromatic heterocycles. The number of thioether (sulfide) groups is 1. The van der Waals surface area contributed by atoms with Crippen LogP contribution in [-0.2, 0) is 9.59 Å². The van der Waals surface area contributed by atoms with Crippen molar-refractivity contribution in [2.75, 3.05) is 18.3 Å². The Morgan fingerprint density at radius 3 is 2.59 bits per heavy atom. The number of fused-ring (bicyclic) bond motifs is 3. The lowest BCUT2D eigenvalue weighted by atomic mass is 10.00. The molecule has 0 saturated carbocycles. The molecule has 2 heterocycles. The molecule has 0 fully saturated rings. The van der Waals surface area contributed by atoms with Crippen LogP contribution in [0.2, 0.25) is 0 Å². The Morgan fingerprint density at radius 1 is 1.15 bits per heavy atom. The minimum Gasteiger partial charge on any atom is -0.493 e. The van der Waals surface area contributed by atoms with E-state index < -0.39 is 12.1 Å². The summed E-state index contributed by atoms with van der Waals surface area (Å²) in [4.78, 5) is 43.3. The highest BCUT2D eigenvalue weighted by Gasteiger charge is 2.47. The number of carbonyl (C=O) groups is 2. The van der Waals surface area contributed by atoms with Crippen LogP contribution in [-0.4, -0.2) is 35.3 Å². The molecule has 0 unspecified atom stereocenters. The number of benzene rings is 2. The quantitative estimate of drug-likeness (QED) is 0.250. The van der Waals surface area contributed by atoms with Gasteiger partial charge in [0, 0.05) is 17.9 Å². The van der Waals surface area contributed by atoms with Gasteiger partial charge >= 0.3 is 17.2 Å². The highest BCUT2D eigenvalue weighted by molar-refractivity contribution is 7.98. The number of hydrogen-bond acceptors (Lipinski definition) is 7. The fourth-order valence-corrected chi connectivity index (χ4v) is 4.34. The third-order valence-corrected chi connectivity index (χ3v) is 6.11. The summed E-state index contributed by atoms with van der Waals surface area (Å²) in [6, 6.07) is 12.4. The van der Waals surface area contributed by atoms with E-state index in [1.165, 1.54) is 23.6 Å². The first kappa shape index (κ1) is 23.5. The average Bonchev–Trinajstić information content (AvgIpc) is 2.87. The van der Waals surface area contributed by atoms with E-state index in [1.807, 2.05) is 6.07 Å². The summed E-state index contributed by atoms with van der Waals surface area (Å²) >= 11 is 1.27. The molecule has 10 heteroatoms. The third-order valence-electron chi connectivity index (χ3n) is 5.53. The first-order valence-corrected chi connectivity index (χ1v) is 12.1. The van der Waals surface area contributed by atoms with Gasteiger partial charge in [0.2, 0.25) is 11.1 Å². The number of methoxy groups -OCH3 is 1. The number of rotatable bonds is 6. The van der Waals surface area contributed by atoms with E-state index in [9.17, 15) is 14.4 Å². The SMILES string of the molecule is CCC(=O)Oc1c(OC)cccc1[C@H]1N(C(=O)CC)c2ccccc2-c2c(=O)[nH]c(SC)n[n+]21. The molecule has 1 aliphatic rings.